The predicted molar refractivity (Wildman–Crippen MR) is 102 cm³/mol. The van der Waals surface area contributed by atoms with E-state index in [0.717, 1.165) is 24.5 Å². The second kappa shape index (κ2) is 7.62. The Bertz CT molecular complexity index is 811. The summed E-state index contributed by atoms with van der Waals surface area (Å²) >= 11 is 0. The van der Waals surface area contributed by atoms with E-state index >= 15 is 0 Å². The summed E-state index contributed by atoms with van der Waals surface area (Å²) in [4.78, 5) is 11.4. The summed E-state index contributed by atoms with van der Waals surface area (Å²) in [6.45, 7) is 3.31. The Morgan fingerprint density at radius 3 is 2.68 bits per heavy atom. The summed E-state index contributed by atoms with van der Waals surface area (Å²) in [6.07, 6.45) is 3.43. The lowest BCUT2D eigenvalue weighted by Crippen LogP contribution is -2.34. The molecule has 9 heteroatoms. The van der Waals surface area contributed by atoms with Crippen LogP contribution >= 0.6 is 0 Å². The van der Waals surface area contributed by atoms with Crippen LogP contribution in [0.3, 0.4) is 0 Å². The molecule has 2 fully saturated rings. The minimum atomic E-state index is -2.55. The second-order valence-corrected chi connectivity index (χ2v) is 7.72. The highest BCUT2D eigenvalue weighted by molar-refractivity contribution is 5.52. The lowest BCUT2D eigenvalue weighted by molar-refractivity contribution is -0.0361. The molecule has 0 amide bonds. The Balaban J connectivity index is 1.60. The van der Waals surface area contributed by atoms with Crippen LogP contribution in [0.25, 0.3) is 5.95 Å². The van der Waals surface area contributed by atoms with Crippen molar-refractivity contribution in [1.82, 2.24) is 19.7 Å². The van der Waals surface area contributed by atoms with Crippen molar-refractivity contribution in [2.24, 2.45) is 0 Å². The van der Waals surface area contributed by atoms with Crippen LogP contribution in [0.2, 0.25) is 0 Å². The average molecular weight is 392 g/mol. The molecule has 0 spiro atoms. The molecule has 2 aromatic heterocycles. The van der Waals surface area contributed by atoms with E-state index in [4.69, 9.17) is 4.74 Å². The van der Waals surface area contributed by atoms with Crippen LogP contribution in [0, 0.1) is 6.92 Å². The number of nitrogens with zero attached hydrogens (tertiary/aromatic N) is 5. The molecule has 1 aliphatic carbocycles. The molecule has 0 radical (unpaired) electrons. The number of aromatic nitrogens is 4. The third-order valence-corrected chi connectivity index (χ3v) is 5.51. The number of aryl methyl sites for hydroxylation is 1. The van der Waals surface area contributed by atoms with Crippen molar-refractivity contribution in [2.45, 2.75) is 57.0 Å². The van der Waals surface area contributed by atoms with Crippen molar-refractivity contribution in [2.75, 3.05) is 30.5 Å². The van der Waals surface area contributed by atoms with E-state index in [2.05, 4.69) is 25.3 Å². The molecule has 1 aliphatic heterocycles. The zero-order valence-electron chi connectivity index (χ0n) is 16.2. The van der Waals surface area contributed by atoms with Crippen molar-refractivity contribution in [1.29, 1.82) is 0 Å². The van der Waals surface area contributed by atoms with E-state index in [9.17, 15) is 8.78 Å². The van der Waals surface area contributed by atoms with Gasteiger partial charge in [-0.3, -0.25) is 0 Å². The van der Waals surface area contributed by atoms with Crippen molar-refractivity contribution in [3.63, 3.8) is 0 Å². The number of anilines is 2. The van der Waals surface area contributed by atoms with Gasteiger partial charge in [0, 0.05) is 44.8 Å². The summed E-state index contributed by atoms with van der Waals surface area (Å²) in [5, 5.41) is 7.75. The van der Waals surface area contributed by atoms with Gasteiger partial charge in [-0.05, 0) is 32.3 Å². The van der Waals surface area contributed by atoms with Crippen molar-refractivity contribution in [3.8, 4) is 5.95 Å². The first-order chi connectivity index (χ1) is 13.4. The monoisotopic (exact) mass is 392 g/mol. The van der Waals surface area contributed by atoms with Gasteiger partial charge in [0.25, 0.3) is 5.95 Å². The van der Waals surface area contributed by atoms with Crippen LogP contribution in [0.1, 0.15) is 37.8 Å². The third kappa shape index (κ3) is 4.24. The maximum atomic E-state index is 13.5. The Kier molecular flexibility index (Phi) is 5.18. The van der Waals surface area contributed by atoms with Gasteiger partial charge in [-0.15, -0.1) is 0 Å². The van der Waals surface area contributed by atoms with Gasteiger partial charge in [0.1, 0.15) is 11.6 Å². The van der Waals surface area contributed by atoms with Crippen LogP contribution < -0.4 is 10.2 Å². The molecule has 1 unspecified atom stereocenters. The Morgan fingerprint density at radius 2 is 2.04 bits per heavy atom. The quantitative estimate of drug-likeness (QED) is 0.843. The normalized spacial score (nSPS) is 22.4. The lowest BCUT2D eigenvalue weighted by atomic mass is 9.92. The topological polar surface area (TPSA) is 68.1 Å². The minimum Gasteiger partial charge on any atom is -0.379 e. The summed E-state index contributed by atoms with van der Waals surface area (Å²) < 4.78 is 34.1. The third-order valence-electron chi connectivity index (χ3n) is 5.51. The van der Waals surface area contributed by atoms with Crippen LogP contribution in [-0.4, -0.2) is 58.0 Å². The molecule has 1 saturated carbocycles. The molecule has 1 saturated heterocycles. The van der Waals surface area contributed by atoms with Crippen LogP contribution in [-0.2, 0) is 4.74 Å². The lowest BCUT2D eigenvalue weighted by Gasteiger charge is -2.30. The first-order valence-electron chi connectivity index (χ1n) is 9.76. The van der Waals surface area contributed by atoms with Crippen molar-refractivity contribution >= 4 is 11.6 Å². The largest absolute Gasteiger partial charge is 0.379 e. The van der Waals surface area contributed by atoms with E-state index in [-0.39, 0.29) is 24.9 Å². The summed E-state index contributed by atoms with van der Waals surface area (Å²) in [5.41, 5.74) is 0.871. The van der Waals surface area contributed by atoms with Crippen LogP contribution in [0.15, 0.2) is 18.3 Å². The molecular formula is C19H26F2N6O. The van der Waals surface area contributed by atoms with Crippen LogP contribution in [0.4, 0.5) is 20.4 Å². The Labute approximate surface area is 163 Å². The molecule has 7 nitrogen and oxygen atoms in total. The van der Waals surface area contributed by atoms with E-state index in [0.29, 0.717) is 31.2 Å². The molecule has 28 heavy (non-hydrogen) atoms. The molecule has 2 aromatic rings. The van der Waals surface area contributed by atoms with Gasteiger partial charge in [0.2, 0.25) is 5.92 Å². The maximum absolute atomic E-state index is 13.5. The highest BCUT2D eigenvalue weighted by Gasteiger charge is 2.35. The fraction of sp³-hybridized carbons (Fsp3) is 0.632. The number of hydrogen-bond donors (Lipinski definition) is 1. The highest BCUT2D eigenvalue weighted by atomic mass is 19.3. The second-order valence-electron chi connectivity index (χ2n) is 7.72. The van der Waals surface area contributed by atoms with E-state index < -0.39 is 5.92 Å². The van der Waals surface area contributed by atoms with E-state index in [1.807, 2.05) is 32.3 Å². The zero-order valence-corrected chi connectivity index (χ0v) is 16.2. The zero-order chi connectivity index (χ0) is 19.7. The number of alkyl halides is 2. The van der Waals surface area contributed by atoms with Gasteiger partial charge in [-0.25, -0.2) is 13.5 Å². The summed E-state index contributed by atoms with van der Waals surface area (Å²) in [6, 6.07) is 4.00. The molecule has 0 aromatic carbocycles. The predicted octanol–water partition coefficient (Wildman–Crippen LogP) is 3.19. The number of ether oxygens (including phenoxy) is 1. The van der Waals surface area contributed by atoms with E-state index in [1.54, 1.807) is 4.68 Å². The molecule has 152 valence electrons. The first-order valence-corrected chi connectivity index (χ1v) is 9.76. The van der Waals surface area contributed by atoms with Crippen molar-refractivity contribution < 1.29 is 13.5 Å². The van der Waals surface area contributed by atoms with E-state index in [1.165, 1.54) is 0 Å². The number of nitrogens with one attached hydrogen (secondary N) is 1. The van der Waals surface area contributed by atoms with Gasteiger partial charge in [-0.2, -0.15) is 15.1 Å². The average Bonchev–Trinajstić information content (AvgIpc) is 3.34. The van der Waals surface area contributed by atoms with Gasteiger partial charge in [0.15, 0.2) is 0 Å². The summed E-state index contributed by atoms with van der Waals surface area (Å²) in [7, 11) is 1.99. The molecule has 1 N–H and O–H groups in total. The fourth-order valence-electron chi connectivity index (χ4n) is 3.71. The molecule has 0 bridgehead atoms. The standard InChI is InChI=1S/C19H26F2N6O/c1-13-5-9-27(25-13)18-23-16(22-14-3-7-19(20,21)8-4-14)11-17(24-18)26(2)15-6-10-28-12-15/h5,9,11,14-15H,3-4,6-8,10,12H2,1-2H3,(H,22,23,24). The number of hydrogen-bond acceptors (Lipinski definition) is 6. The summed E-state index contributed by atoms with van der Waals surface area (Å²) in [5.74, 6) is -0.693. The SMILES string of the molecule is Cc1ccn(-c2nc(NC3CCC(F)(F)CC3)cc(N(C)C3CCOC3)n2)n1. The smallest absolute Gasteiger partial charge is 0.254 e. The number of rotatable bonds is 5. The molecule has 1 atom stereocenters. The van der Waals surface area contributed by atoms with Crippen molar-refractivity contribution in [3.05, 3.63) is 24.0 Å². The van der Waals surface area contributed by atoms with Gasteiger partial charge >= 0.3 is 0 Å². The Morgan fingerprint density at radius 1 is 1.25 bits per heavy atom. The highest BCUT2D eigenvalue weighted by Crippen LogP contribution is 2.34. The molecule has 3 heterocycles. The first kappa shape index (κ1) is 19.0. The number of halogens is 2. The maximum Gasteiger partial charge on any atom is 0.254 e. The van der Waals surface area contributed by atoms with Crippen LogP contribution in [0.5, 0.6) is 0 Å². The minimum absolute atomic E-state index is 0.0188. The fourth-order valence-corrected chi connectivity index (χ4v) is 3.71. The molecular weight excluding hydrogens is 366 g/mol. The van der Waals surface area contributed by atoms with Gasteiger partial charge in [0.05, 0.1) is 18.3 Å². The Hall–Kier alpha value is -2.29. The molecule has 4 rings (SSSR count). The molecule has 2 aliphatic rings. The van der Waals surface area contributed by atoms with Gasteiger partial charge < -0.3 is 15.0 Å². The number of likely N-dealkylation sites (N-methyl/N-ethyl adjacent to an activating group) is 1. The van der Waals surface area contributed by atoms with Gasteiger partial charge in [-0.1, -0.05) is 0 Å².